The topological polar surface area (TPSA) is 90.9 Å². The van der Waals surface area contributed by atoms with Crippen molar-refractivity contribution in [2.75, 3.05) is 19.6 Å². The van der Waals surface area contributed by atoms with Crippen LogP contribution in [0, 0.1) is 6.92 Å². The summed E-state index contributed by atoms with van der Waals surface area (Å²) in [5.74, 6) is -0.0248. The first kappa shape index (κ1) is 20.0. The highest BCUT2D eigenvalue weighted by atomic mass is 16.5. The Labute approximate surface area is 154 Å². The molecule has 1 saturated carbocycles. The summed E-state index contributed by atoms with van der Waals surface area (Å²) in [7, 11) is 0. The summed E-state index contributed by atoms with van der Waals surface area (Å²) < 4.78 is 5.79. The number of hydrogen-bond acceptors (Lipinski definition) is 4. The maximum Gasteiger partial charge on any atom is 0.317 e. The molecule has 0 radical (unpaired) electrons. The number of aliphatic carboxylic acids is 1. The lowest BCUT2D eigenvalue weighted by Gasteiger charge is -2.42. The van der Waals surface area contributed by atoms with Gasteiger partial charge in [-0.15, -0.1) is 0 Å². The SMILES string of the molecule is CCN(CC(=O)O)C1CC(NC(=O)NCC(C)Oc2cccc(C)c2)C1. The van der Waals surface area contributed by atoms with Crippen LogP contribution in [0.2, 0.25) is 0 Å². The van der Waals surface area contributed by atoms with Gasteiger partial charge in [0.1, 0.15) is 11.9 Å². The van der Waals surface area contributed by atoms with E-state index in [2.05, 4.69) is 10.6 Å². The average molecular weight is 363 g/mol. The van der Waals surface area contributed by atoms with E-state index in [4.69, 9.17) is 9.84 Å². The second-order valence-corrected chi connectivity index (χ2v) is 6.88. The Balaban J connectivity index is 1.64. The minimum absolute atomic E-state index is 0.0495. The third-order valence-electron chi connectivity index (χ3n) is 4.59. The van der Waals surface area contributed by atoms with Crippen LogP contribution in [-0.4, -0.2) is 59.8 Å². The van der Waals surface area contributed by atoms with Crippen LogP contribution in [0.5, 0.6) is 5.75 Å². The van der Waals surface area contributed by atoms with Crippen molar-refractivity contribution in [3.05, 3.63) is 29.8 Å². The maximum atomic E-state index is 12.0. The van der Waals surface area contributed by atoms with Crippen LogP contribution in [0.25, 0.3) is 0 Å². The Morgan fingerprint density at radius 2 is 2.12 bits per heavy atom. The first-order valence-electron chi connectivity index (χ1n) is 9.11. The second-order valence-electron chi connectivity index (χ2n) is 6.88. The molecule has 0 spiro atoms. The van der Waals surface area contributed by atoms with Gasteiger partial charge < -0.3 is 20.5 Å². The average Bonchev–Trinajstić information content (AvgIpc) is 2.54. The lowest BCUT2D eigenvalue weighted by molar-refractivity contribution is -0.139. The number of hydrogen-bond donors (Lipinski definition) is 3. The number of amides is 2. The number of nitrogens with zero attached hydrogens (tertiary/aromatic N) is 1. The lowest BCUT2D eigenvalue weighted by Crippen LogP contribution is -2.56. The van der Waals surface area contributed by atoms with Crippen LogP contribution >= 0.6 is 0 Å². The zero-order valence-electron chi connectivity index (χ0n) is 15.7. The summed E-state index contributed by atoms with van der Waals surface area (Å²) in [5, 5.41) is 14.7. The van der Waals surface area contributed by atoms with Crippen molar-refractivity contribution in [1.82, 2.24) is 15.5 Å². The minimum atomic E-state index is -0.816. The molecule has 3 N–H and O–H groups in total. The number of likely N-dealkylation sites (N-methyl/N-ethyl adjacent to an activating group) is 1. The van der Waals surface area contributed by atoms with Gasteiger partial charge in [-0.2, -0.15) is 0 Å². The van der Waals surface area contributed by atoms with Crippen molar-refractivity contribution in [3.8, 4) is 5.75 Å². The summed E-state index contributed by atoms with van der Waals surface area (Å²) in [4.78, 5) is 24.8. The van der Waals surface area contributed by atoms with E-state index in [0.717, 1.165) is 24.2 Å². The molecule has 1 unspecified atom stereocenters. The monoisotopic (exact) mass is 363 g/mol. The summed E-state index contributed by atoms with van der Waals surface area (Å²) in [6.07, 6.45) is 1.43. The molecule has 144 valence electrons. The number of nitrogens with one attached hydrogen (secondary N) is 2. The van der Waals surface area contributed by atoms with Crippen molar-refractivity contribution in [3.63, 3.8) is 0 Å². The van der Waals surface area contributed by atoms with Crippen molar-refractivity contribution >= 4 is 12.0 Å². The minimum Gasteiger partial charge on any atom is -0.489 e. The standard InChI is InChI=1S/C19H29N3O4/c1-4-22(12-18(23)24)16-9-15(10-16)21-19(25)20-11-14(3)26-17-7-5-6-13(2)8-17/h5-8,14-16H,4,9-12H2,1-3H3,(H,23,24)(H2,20,21,25). The zero-order chi connectivity index (χ0) is 19.1. The number of carbonyl (C=O) groups is 2. The highest BCUT2D eigenvalue weighted by Crippen LogP contribution is 2.25. The molecule has 0 heterocycles. The normalized spacial score (nSPS) is 20.2. The van der Waals surface area contributed by atoms with E-state index in [9.17, 15) is 9.59 Å². The molecule has 2 rings (SSSR count). The van der Waals surface area contributed by atoms with Crippen LogP contribution in [-0.2, 0) is 4.79 Å². The molecule has 0 saturated heterocycles. The molecular weight excluding hydrogens is 334 g/mol. The quantitative estimate of drug-likeness (QED) is 0.624. The van der Waals surface area contributed by atoms with E-state index in [1.54, 1.807) is 0 Å². The number of carboxylic acid groups (broad SMARTS) is 1. The van der Waals surface area contributed by atoms with Gasteiger partial charge in [0.2, 0.25) is 0 Å². The molecule has 0 bridgehead atoms. The molecule has 0 aromatic heterocycles. The van der Waals surface area contributed by atoms with E-state index in [-0.39, 0.29) is 30.8 Å². The largest absolute Gasteiger partial charge is 0.489 e. The first-order chi connectivity index (χ1) is 12.4. The van der Waals surface area contributed by atoms with Crippen molar-refractivity contribution in [2.45, 2.75) is 51.8 Å². The van der Waals surface area contributed by atoms with Crippen molar-refractivity contribution in [1.29, 1.82) is 0 Å². The fourth-order valence-electron chi connectivity index (χ4n) is 3.11. The Hall–Kier alpha value is -2.28. The predicted molar refractivity (Wildman–Crippen MR) is 99.5 cm³/mol. The fraction of sp³-hybridized carbons (Fsp3) is 0.579. The molecular formula is C19H29N3O4. The molecule has 2 amide bonds. The number of ether oxygens (including phenoxy) is 1. The molecule has 26 heavy (non-hydrogen) atoms. The third-order valence-corrected chi connectivity index (χ3v) is 4.59. The molecule has 7 nitrogen and oxygen atoms in total. The highest BCUT2D eigenvalue weighted by molar-refractivity contribution is 5.74. The summed E-state index contributed by atoms with van der Waals surface area (Å²) in [5.41, 5.74) is 1.13. The van der Waals surface area contributed by atoms with Gasteiger partial charge in [-0.3, -0.25) is 9.69 Å². The number of rotatable bonds is 9. The number of benzene rings is 1. The summed E-state index contributed by atoms with van der Waals surface area (Å²) in [6, 6.07) is 7.91. The van der Waals surface area contributed by atoms with Gasteiger partial charge in [0.15, 0.2) is 0 Å². The molecule has 1 aromatic rings. The third kappa shape index (κ3) is 6.22. The van der Waals surface area contributed by atoms with Gasteiger partial charge >= 0.3 is 12.0 Å². The fourth-order valence-corrected chi connectivity index (χ4v) is 3.11. The van der Waals surface area contributed by atoms with Crippen molar-refractivity contribution in [2.24, 2.45) is 0 Å². The second kappa shape index (κ2) is 9.43. The van der Waals surface area contributed by atoms with E-state index in [0.29, 0.717) is 13.1 Å². The number of aryl methyl sites for hydroxylation is 1. The molecule has 0 aliphatic heterocycles. The van der Waals surface area contributed by atoms with Gasteiger partial charge in [0.05, 0.1) is 13.1 Å². The van der Waals surface area contributed by atoms with E-state index in [1.807, 2.05) is 49.9 Å². The smallest absolute Gasteiger partial charge is 0.317 e. The van der Waals surface area contributed by atoms with Gasteiger partial charge in [0.25, 0.3) is 0 Å². The van der Waals surface area contributed by atoms with E-state index < -0.39 is 5.97 Å². The highest BCUT2D eigenvalue weighted by Gasteiger charge is 2.34. The van der Waals surface area contributed by atoms with Crippen LogP contribution in [0.3, 0.4) is 0 Å². The molecule has 1 aromatic carbocycles. The Bertz CT molecular complexity index is 617. The van der Waals surface area contributed by atoms with Crippen LogP contribution in [0.1, 0.15) is 32.3 Å². The van der Waals surface area contributed by atoms with Crippen LogP contribution in [0.4, 0.5) is 4.79 Å². The molecule has 1 aliphatic carbocycles. The first-order valence-corrected chi connectivity index (χ1v) is 9.11. The van der Waals surface area contributed by atoms with Gasteiger partial charge in [-0.1, -0.05) is 19.1 Å². The molecule has 7 heteroatoms. The lowest BCUT2D eigenvalue weighted by atomic mass is 9.85. The van der Waals surface area contributed by atoms with Gasteiger partial charge in [-0.05, 0) is 50.9 Å². The van der Waals surface area contributed by atoms with Crippen LogP contribution < -0.4 is 15.4 Å². The molecule has 1 fully saturated rings. The van der Waals surface area contributed by atoms with Crippen molar-refractivity contribution < 1.29 is 19.4 Å². The molecule has 1 aliphatic rings. The Morgan fingerprint density at radius 3 is 2.73 bits per heavy atom. The Morgan fingerprint density at radius 1 is 1.38 bits per heavy atom. The van der Waals surface area contributed by atoms with Gasteiger partial charge in [-0.25, -0.2) is 4.79 Å². The number of carbonyl (C=O) groups excluding carboxylic acids is 1. The van der Waals surface area contributed by atoms with E-state index >= 15 is 0 Å². The Kier molecular flexibility index (Phi) is 7.26. The molecule has 1 atom stereocenters. The summed E-state index contributed by atoms with van der Waals surface area (Å²) >= 11 is 0. The van der Waals surface area contributed by atoms with Crippen LogP contribution in [0.15, 0.2) is 24.3 Å². The van der Waals surface area contributed by atoms with E-state index in [1.165, 1.54) is 0 Å². The summed E-state index contributed by atoms with van der Waals surface area (Å²) in [6.45, 7) is 7.03. The van der Waals surface area contributed by atoms with Gasteiger partial charge in [0, 0.05) is 12.1 Å². The number of urea groups is 1. The maximum absolute atomic E-state index is 12.0. The predicted octanol–water partition coefficient (Wildman–Crippen LogP) is 2.00. The number of carboxylic acids is 1. The zero-order valence-corrected chi connectivity index (χ0v) is 15.7.